The third-order valence-electron chi connectivity index (χ3n) is 6.30. The van der Waals surface area contributed by atoms with Gasteiger partial charge in [-0.1, -0.05) is 54.6 Å². The number of carbonyl (C=O) groups excluding carboxylic acids is 1. The zero-order valence-corrected chi connectivity index (χ0v) is 22.8. The van der Waals surface area contributed by atoms with Gasteiger partial charge in [-0.2, -0.15) is 5.26 Å². The van der Waals surface area contributed by atoms with Gasteiger partial charge in [-0.15, -0.1) is 6.58 Å². The van der Waals surface area contributed by atoms with E-state index >= 15 is 0 Å². The normalized spacial score (nSPS) is 11.0. The molecule has 4 rings (SSSR count). The smallest absolute Gasteiger partial charge is 0.262 e. The van der Waals surface area contributed by atoms with Crippen LogP contribution in [-0.4, -0.2) is 19.6 Å². The van der Waals surface area contributed by atoms with Crippen LogP contribution in [0.25, 0.3) is 16.8 Å². The van der Waals surface area contributed by atoms with Crippen molar-refractivity contribution in [2.45, 2.75) is 26.5 Å². The van der Waals surface area contributed by atoms with Crippen LogP contribution in [0.1, 0.15) is 29.2 Å². The van der Waals surface area contributed by atoms with Crippen molar-refractivity contribution in [3.05, 3.63) is 119 Å². The first kappa shape index (κ1) is 28.0. The van der Waals surface area contributed by atoms with Crippen LogP contribution in [0, 0.1) is 11.3 Å². The fraction of sp³-hybridized carbons (Fsp3) is 0.176. The van der Waals surface area contributed by atoms with Gasteiger partial charge in [0.05, 0.1) is 13.7 Å². The summed E-state index contributed by atoms with van der Waals surface area (Å²) in [6, 6.07) is 27.5. The Labute approximate surface area is 235 Å². The van der Waals surface area contributed by atoms with Gasteiger partial charge in [0, 0.05) is 12.1 Å². The van der Waals surface area contributed by atoms with E-state index in [-0.39, 0.29) is 12.1 Å². The number of nitrogens with zero attached hydrogens (tertiary/aromatic N) is 1. The molecule has 0 aliphatic carbocycles. The van der Waals surface area contributed by atoms with Crippen molar-refractivity contribution < 1.29 is 19.0 Å². The average molecular weight is 533 g/mol. The lowest BCUT2D eigenvalue weighted by Gasteiger charge is -2.17. The lowest BCUT2D eigenvalue weighted by molar-refractivity contribution is -0.117. The molecule has 4 aromatic carbocycles. The number of benzene rings is 4. The lowest BCUT2D eigenvalue weighted by atomic mass is 10.0. The predicted molar refractivity (Wildman–Crippen MR) is 158 cm³/mol. The molecule has 0 saturated heterocycles. The Balaban J connectivity index is 1.56. The number of ether oxygens (including phenoxy) is 3. The van der Waals surface area contributed by atoms with Gasteiger partial charge in [0.2, 0.25) is 0 Å². The zero-order chi connectivity index (χ0) is 28.3. The molecular formula is C34H32N2O4. The van der Waals surface area contributed by atoms with Gasteiger partial charge in [0.1, 0.15) is 24.0 Å². The summed E-state index contributed by atoms with van der Waals surface area (Å²) in [7, 11) is 1.60. The van der Waals surface area contributed by atoms with E-state index in [9.17, 15) is 10.1 Å². The molecule has 40 heavy (non-hydrogen) atoms. The maximum atomic E-state index is 12.8. The van der Waals surface area contributed by atoms with Crippen molar-refractivity contribution in [1.29, 1.82) is 5.26 Å². The van der Waals surface area contributed by atoms with Gasteiger partial charge >= 0.3 is 0 Å². The van der Waals surface area contributed by atoms with Gasteiger partial charge in [-0.05, 0) is 77.2 Å². The highest BCUT2D eigenvalue weighted by Gasteiger charge is 2.15. The Morgan fingerprint density at radius 3 is 2.42 bits per heavy atom. The van der Waals surface area contributed by atoms with E-state index < -0.39 is 5.91 Å². The van der Waals surface area contributed by atoms with Gasteiger partial charge in [0.15, 0.2) is 11.5 Å². The Morgan fingerprint density at radius 1 is 0.975 bits per heavy atom. The SMILES string of the molecule is C=CCc1cc(/C=C(/C#N)C(=O)NCc2ccc(OC)cc2)cc(OCC)c1OCc1ccc2ccccc2c1. The summed E-state index contributed by atoms with van der Waals surface area (Å²) >= 11 is 0. The monoisotopic (exact) mass is 532 g/mol. The number of rotatable bonds is 12. The molecule has 0 spiro atoms. The largest absolute Gasteiger partial charge is 0.497 e. The summed E-state index contributed by atoms with van der Waals surface area (Å²) in [6.07, 6.45) is 3.88. The van der Waals surface area contributed by atoms with Crippen molar-refractivity contribution in [3.8, 4) is 23.3 Å². The Morgan fingerprint density at radius 2 is 1.73 bits per heavy atom. The van der Waals surface area contributed by atoms with Gasteiger partial charge in [-0.3, -0.25) is 4.79 Å². The van der Waals surface area contributed by atoms with E-state index in [1.807, 2.05) is 55.5 Å². The molecule has 1 N–H and O–H groups in total. The number of nitrogens with one attached hydrogen (secondary N) is 1. The van der Waals surface area contributed by atoms with Gasteiger partial charge in [-0.25, -0.2) is 0 Å². The third kappa shape index (κ3) is 7.09. The summed E-state index contributed by atoms with van der Waals surface area (Å²) in [5.41, 5.74) is 3.44. The maximum Gasteiger partial charge on any atom is 0.262 e. The molecule has 0 unspecified atom stereocenters. The number of amides is 1. The van der Waals surface area contributed by atoms with Gasteiger partial charge < -0.3 is 19.5 Å². The van der Waals surface area contributed by atoms with E-state index in [1.54, 1.807) is 25.3 Å². The predicted octanol–water partition coefficient (Wildman–Crippen LogP) is 6.78. The molecule has 0 aromatic heterocycles. The van der Waals surface area contributed by atoms with Crippen molar-refractivity contribution >= 4 is 22.8 Å². The molecule has 0 atom stereocenters. The zero-order valence-electron chi connectivity index (χ0n) is 22.8. The van der Waals surface area contributed by atoms with Crippen LogP contribution in [0.4, 0.5) is 0 Å². The van der Waals surface area contributed by atoms with E-state index in [1.165, 1.54) is 5.39 Å². The van der Waals surface area contributed by atoms with Crippen LogP contribution < -0.4 is 19.5 Å². The summed E-state index contributed by atoms with van der Waals surface area (Å²) < 4.78 is 17.4. The Hall–Kier alpha value is -5.02. The van der Waals surface area contributed by atoms with Crippen molar-refractivity contribution in [2.24, 2.45) is 0 Å². The molecule has 4 aromatic rings. The Kier molecular flexibility index (Phi) is 9.58. The van der Waals surface area contributed by atoms with Crippen molar-refractivity contribution in [2.75, 3.05) is 13.7 Å². The molecule has 0 saturated carbocycles. The van der Waals surface area contributed by atoms with E-state index in [0.717, 1.165) is 27.8 Å². The third-order valence-corrected chi connectivity index (χ3v) is 6.30. The molecule has 0 aliphatic rings. The van der Waals surface area contributed by atoms with Crippen LogP contribution in [0.2, 0.25) is 0 Å². The molecule has 6 nitrogen and oxygen atoms in total. The second kappa shape index (κ2) is 13.7. The summed E-state index contributed by atoms with van der Waals surface area (Å²) in [5, 5.41) is 14.9. The fourth-order valence-corrected chi connectivity index (χ4v) is 4.32. The standard InChI is InChI=1S/C34H32N2O4/c1-4-8-29-18-26(19-30(21-35)34(37)36-22-24-12-15-31(38-3)16-13-24)20-32(39-5-2)33(29)40-23-25-11-14-27-9-6-7-10-28(27)17-25/h4,6-7,9-20H,1,5,8,22-23H2,2-3H3,(H,36,37)/b30-19-. The molecule has 0 radical (unpaired) electrons. The topological polar surface area (TPSA) is 80.6 Å². The van der Waals surface area contributed by atoms with Crippen LogP contribution in [0.15, 0.2) is 97.1 Å². The molecular weight excluding hydrogens is 500 g/mol. The molecule has 1 amide bonds. The van der Waals surface area contributed by atoms with E-state index in [0.29, 0.717) is 36.7 Å². The summed E-state index contributed by atoms with van der Waals surface area (Å²) in [6.45, 7) is 6.87. The van der Waals surface area contributed by atoms with Crippen LogP contribution >= 0.6 is 0 Å². The second-order valence-corrected chi connectivity index (χ2v) is 9.10. The first-order valence-corrected chi connectivity index (χ1v) is 13.1. The average Bonchev–Trinajstić information content (AvgIpc) is 2.98. The van der Waals surface area contributed by atoms with E-state index in [2.05, 4.69) is 42.2 Å². The van der Waals surface area contributed by atoms with Gasteiger partial charge in [0.25, 0.3) is 5.91 Å². The number of nitriles is 1. The van der Waals surface area contributed by atoms with Crippen molar-refractivity contribution in [1.82, 2.24) is 5.32 Å². The first-order chi connectivity index (χ1) is 19.5. The molecule has 0 aliphatic heterocycles. The first-order valence-electron chi connectivity index (χ1n) is 13.1. The summed E-state index contributed by atoms with van der Waals surface area (Å²) in [5.74, 6) is 1.44. The molecule has 6 heteroatoms. The molecule has 0 fully saturated rings. The maximum absolute atomic E-state index is 12.8. The number of fused-ring (bicyclic) bond motifs is 1. The fourth-order valence-electron chi connectivity index (χ4n) is 4.32. The number of methoxy groups -OCH3 is 1. The van der Waals surface area contributed by atoms with Crippen LogP contribution in [-0.2, 0) is 24.4 Å². The van der Waals surface area contributed by atoms with Crippen LogP contribution in [0.3, 0.4) is 0 Å². The molecule has 0 bridgehead atoms. The Bertz CT molecular complexity index is 1570. The number of allylic oxidation sites excluding steroid dienone is 1. The highest BCUT2D eigenvalue weighted by atomic mass is 16.5. The summed E-state index contributed by atoms with van der Waals surface area (Å²) in [4.78, 5) is 12.8. The second-order valence-electron chi connectivity index (χ2n) is 9.10. The highest BCUT2D eigenvalue weighted by Crippen LogP contribution is 2.35. The number of hydrogen-bond acceptors (Lipinski definition) is 5. The minimum atomic E-state index is -0.460. The van der Waals surface area contributed by atoms with E-state index in [4.69, 9.17) is 14.2 Å². The number of carbonyl (C=O) groups is 1. The quantitative estimate of drug-likeness (QED) is 0.124. The molecule has 202 valence electrons. The number of hydrogen-bond donors (Lipinski definition) is 1. The highest BCUT2D eigenvalue weighted by molar-refractivity contribution is 6.01. The van der Waals surface area contributed by atoms with Crippen molar-refractivity contribution in [3.63, 3.8) is 0 Å². The van der Waals surface area contributed by atoms with Crippen LogP contribution in [0.5, 0.6) is 17.2 Å². The minimum Gasteiger partial charge on any atom is -0.497 e. The minimum absolute atomic E-state index is 0.00894. The molecule has 0 heterocycles. The lowest BCUT2D eigenvalue weighted by Crippen LogP contribution is -2.23.